The predicted octanol–water partition coefficient (Wildman–Crippen LogP) is 3.54. The third-order valence-corrected chi connectivity index (χ3v) is 2.68. The number of esters is 1. The third kappa shape index (κ3) is 4.45. The van der Waals surface area contributed by atoms with Crippen molar-refractivity contribution in [1.82, 2.24) is 0 Å². The van der Waals surface area contributed by atoms with Crippen LogP contribution in [0.5, 0.6) is 0 Å². The van der Waals surface area contributed by atoms with Gasteiger partial charge < -0.3 is 4.74 Å². The number of ether oxygens (including phenoxy) is 1. The Kier molecular flexibility index (Phi) is 5.57. The van der Waals surface area contributed by atoms with Crippen molar-refractivity contribution in [3.05, 3.63) is 54.6 Å². The van der Waals surface area contributed by atoms with Gasteiger partial charge in [-0.05, 0) is 5.56 Å². The minimum atomic E-state index is -0.385. The van der Waals surface area contributed by atoms with Crippen LogP contribution < -0.4 is 0 Å². The van der Waals surface area contributed by atoms with Gasteiger partial charge in [0.25, 0.3) is 0 Å². The molecule has 2 nitrogen and oxygen atoms in total. The standard InChI is InChI=1S/C13H13BrO2/c1-2-13(15)16-10-6-9-12(14)11-7-4-3-5-8-11/h2-5,7-9H,1,6,10H2/b12-9-. The Morgan fingerprint density at radius 2 is 2.06 bits per heavy atom. The number of carbonyl (C=O) groups excluding carboxylic acids is 1. The molecule has 0 N–H and O–H groups in total. The Labute approximate surface area is 104 Å². The van der Waals surface area contributed by atoms with Crippen molar-refractivity contribution < 1.29 is 9.53 Å². The second kappa shape index (κ2) is 7.01. The Bertz CT molecular complexity index is 382. The molecular weight excluding hydrogens is 268 g/mol. The molecule has 0 aliphatic carbocycles. The summed E-state index contributed by atoms with van der Waals surface area (Å²) in [7, 11) is 0. The van der Waals surface area contributed by atoms with Gasteiger partial charge in [0.15, 0.2) is 0 Å². The van der Waals surface area contributed by atoms with E-state index < -0.39 is 0 Å². The number of rotatable bonds is 5. The normalized spacial score (nSPS) is 10.9. The minimum absolute atomic E-state index is 0.368. The summed E-state index contributed by atoms with van der Waals surface area (Å²) in [6.07, 6.45) is 3.82. The van der Waals surface area contributed by atoms with E-state index in [9.17, 15) is 4.79 Å². The van der Waals surface area contributed by atoms with Crippen molar-refractivity contribution in [2.75, 3.05) is 6.61 Å². The summed E-state index contributed by atoms with van der Waals surface area (Å²) in [5, 5.41) is 0. The topological polar surface area (TPSA) is 26.3 Å². The van der Waals surface area contributed by atoms with Crippen LogP contribution in [0.2, 0.25) is 0 Å². The molecule has 3 heteroatoms. The summed E-state index contributed by atoms with van der Waals surface area (Å²) in [6.45, 7) is 3.69. The molecule has 0 aromatic heterocycles. The molecule has 0 radical (unpaired) electrons. The number of hydrogen-bond acceptors (Lipinski definition) is 2. The van der Waals surface area contributed by atoms with Gasteiger partial charge in [-0.1, -0.05) is 58.9 Å². The fourth-order valence-electron chi connectivity index (χ4n) is 1.12. The molecule has 0 unspecified atom stereocenters. The molecule has 0 bridgehead atoms. The average Bonchev–Trinajstić information content (AvgIpc) is 2.35. The first-order valence-electron chi connectivity index (χ1n) is 4.94. The molecular formula is C13H13BrO2. The number of benzene rings is 1. The molecule has 0 aliphatic rings. The van der Waals surface area contributed by atoms with E-state index in [0.717, 1.165) is 16.1 Å². The van der Waals surface area contributed by atoms with Crippen LogP contribution in [-0.2, 0) is 9.53 Å². The largest absolute Gasteiger partial charge is 0.462 e. The lowest BCUT2D eigenvalue weighted by Gasteiger charge is -2.00. The van der Waals surface area contributed by atoms with Crippen molar-refractivity contribution in [2.24, 2.45) is 0 Å². The van der Waals surface area contributed by atoms with Crippen LogP contribution in [-0.4, -0.2) is 12.6 Å². The van der Waals surface area contributed by atoms with Crippen molar-refractivity contribution in [1.29, 1.82) is 0 Å². The van der Waals surface area contributed by atoms with Crippen LogP contribution in [0.15, 0.2) is 49.1 Å². The van der Waals surface area contributed by atoms with Crippen molar-refractivity contribution >= 4 is 26.4 Å². The summed E-state index contributed by atoms with van der Waals surface area (Å²) in [6, 6.07) is 9.94. The zero-order valence-electron chi connectivity index (χ0n) is 8.86. The number of carbonyl (C=O) groups is 1. The zero-order chi connectivity index (χ0) is 11.8. The Hall–Kier alpha value is -1.35. The summed E-state index contributed by atoms with van der Waals surface area (Å²) >= 11 is 3.47. The van der Waals surface area contributed by atoms with Gasteiger partial charge in [-0.3, -0.25) is 0 Å². The predicted molar refractivity (Wildman–Crippen MR) is 69.1 cm³/mol. The van der Waals surface area contributed by atoms with Crippen molar-refractivity contribution in [3.8, 4) is 0 Å². The van der Waals surface area contributed by atoms with E-state index in [4.69, 9.17) is 4.74 Å². The molecule has 0 spiro atoms. The molecule has 16 heavy (non-hydrogen) atoms. The van der Waals surface area contributed by atoms with Crippen LogP contribution in [0, 0.1) is 0 Å². The summed E-state index contributed by atoms with van der Waals surface area (Å²) < 4.78 is 5.86. The van der Waals surface area contributed by atoms with Gasteiger partial charge in [-0.2, -0.15) is 0 Å². The molecule has 0 fully saturated rings. The van der Waals surface area contributed by atoms with E-state index in [1.54, 1.807) is 0 Å². The van der Waals surface area contributed by atoms with Crippen molar-refractivity contribution in [3.63, 3.8) is 0 Å². The molecule has 1 aromatic rings. The molecule has 0 saturated carbocycles. The quantitative estimate of drug-likeness (QED) is 0.469. The highest BCUT2D eigenvalue weighted by Crippen LogP contribution is 2.20. The fourth-order valence-corrected chi connectivity index (χ4v) is 1.61. The SMILES string of the molecule is C=CC(=O)OCC/C=C(\Br)c1ccccc1. The van der Waals surface area contributed by atoms with Crippen molar-refractivity contribution in [2.45, 2.75) is 6.42 Å². The summed E-state index contributed by atoms with van der Waals surface area (Å²) in [4.78, 5) is 10.8. The third-order valence-electron chi connectivity index (χ3n) is 1.90. The molecule has 0 atom stereocenters. The average molecular weight is 281 g/mol. The second-order valence-electron chi connectivity index (χ2n) is 3.08. The van der Waals surface area contributed by atoms with Gasteiger partial charge in [0.2, 0.25) is 0 Å². The van der Waals surface area contributed by atoms with E-state index in [1.165, 1.54) is 0 Å². The van der Waals surface area contributed by atoms with Gasteiger partial charge in [0.1, 0.15) is 0 Å². The molecule has 0 saturated heterocycles. The molecule has 0 heterocycles. The number of hydrogen-bond donors (Lipinski definition) is 0. The highest BCUT2D eigenvalue weighted by molar-refractivity contribution is 9.15. The van der Waals surface area contributed by atoms with Crippen LogP contribution in [0.1, 0.15) is 12.0 Å². The molecule has 1 rings (SSSR count). The van der Waals surface area contributed by atoms with Crippen LogP contribution in [0.4, 0.5) is 0 Å². The van der Waals surface area contributed by atoms with E-state index in [1.807, 2.05) is 36.4 Å². The zero-order valence-corrected chi connectivity index (χ0v) is 10.4. The molecule has 0 aliphatic heterocycles. The first kappa shape index (κ1) is 12.7. The molecule has 84 valence electrons. The van der Waals surface area contributed by atoms with Gasteiger partial charge in [-0.25, -0.2) is 4.79 Å². The molecule has 0 amide bonds. The van der Waals surface area contributed by atoms with Gasteiger partial charge in [-0.15, -0.1) is 0 Å². The number of halogens is 1. The van der Waals surface area contributed by atoms with E-state index in [0.29, 0.717) is 13.0 Å². The maximum absolute atomic E-state index is 10.8. The Morgan fingerprint density at radius 3 is 2.69 bits per heavy atom. The van der Waals surface area contributed by atoms with E-state index >= 15 is 0 Å². The maximum Gasteiger partial charge on any atom is 0.330 e. The Balaban J connectivity index is 2.40. The highest BCUT2D eigenvalue weighted by Gasteiger charge is 1.96. The van der Waals surface area contributed by atoms with Crippen LogP contribution >= 0.6 is 15.9 Å². The maximum atomic E-state index is 10.8. The lowest BCUT2D eigenvalue weighted by molar-refractivity contribution is -0.137. The van der Waals surface area contributed by atoms with E-state index in [2.05, 4.69) is 22.5 Å². The first-order valence-corrected chi connectivity index (χ1v) is 5.73. The smallest absolute Gasteiger partial charge is 0.330 e. The monoisotopic (exact) mass is 280 g/mol. The van der Waals surface area contributed by atoms with Gasteiger partial charge in [0.05, 0.1) is 6.61 Å². The second-order valence-corrected chi connectivity index (χ2v) is 3.93. The van der Waals surface area contributed by atoms with Gasteiger partial charge in [0, 0.05) is 17.0 Å². The lowest BCUT2D eigenvalue weighted by Crippen LogP contribution is -2.00. The first-order chi connectivity index (χ1) is 7.74. The lowest BCUT2D eigenvalue weighted by atomic mass is 10.2. The molecule has 1 aromatic carbocycles. The summed E-state index contributed by atoms with van der Waals surface area (Å²) in [5.41, 5.74) is 1.11. The van der Waals surface area contributed by atoms with Gasteiger partial charge >= 0.3 is 5.97 Å². The van der Waals surface area contributed by atoms with Crippen LogP contribution in [0.3, 0.4) is 0 Å². The minimum Gasteiger partial charge on any atom is -0.462 e. The highest BCUT2D eigenvalue weighted by atomic mass is 79.9. The Morgan fingerprint density at radius 1 is 1.38 bits per heavy atom. The van der Waals surface area contributed by atoms with E-state index in [-0.39, 0.29) is 5.97 Å². The van der Waals surface area contributed by atoms with Crippen LogP contribution in [0.25, 0.3) is 4.48 Å². The fraction of sp³-hybridized carbons (Fsp3) is 0.154. The summed E-state index contributed by atoms with van der Waals surface area (Å²) in [5.74, 6) is -0.385.